The lowest BCUT2D eigenvalue weighted by atomic mass is 10.0. The van der Waals surface area contributed by atoms with Gasteiger partial charge in [0.25, 0.3) is 0 Å². The molecule has 0 radical (unpaired) electrons. The smallest absolute Gasteiger partial charge is 0.322 e. The number of carbonyl (C=O) groups excluding carboxylic acids is 1. The summed E-state index contributed by atoms with van der Waals surface area (Å²) in [6.45, 7) is 15.3. The summed E-state index contributed by atoms with van der Waals surface area (Å²) in [4.78, 5) is 14.6. The van der Waals surface area contributed by atoms with Gasteiger partial charge in [-0.1, -0.05) is 81.5 Å². The number of carbonyl (C=O) groups is 1. The Morgan fingerprint density at radius 2 is 1.84 bits per heavy atom. The topological polar surface area (TPSA) is 58.4 Å². The van der Waals surface area contributed by atoms with E-state index < -0.39 is 0 Å². The minimum atomic E-state index is -0.209. The van der Waals surface area contributed by atoms with Crippen LogP contribution in [0.4, 0.5) is 4.79 Å². The average Bonchev–Trinajstić information content (AvgIpc) is 3.20. The van der Waals surface area contributed by atoms with Gasteiger partial charge in [0.1, 0.15) is 0 Å². The van der Waals surface area contributed by atoms with E-state index in [4.69, 9.17) is 5.73 Å². The fourth-order valence-electron chi connectivity index (χ4n) is 3.50. The molecule has 4 nitrogen and oxygen atoms in total. The summed E-state index contributed by atoms with van der Waals surface area (Å²) in [6, 6.07) is 7.99. The molecule has 2 rings (SSSR count). The molecule has 1 aromatic carbocycles. The number of urea groups is 1. The van der Waals surface area contributed by atoms with Crippen molar-refractivity contribution in [2.75, 3.05) is 13.1 Å². The summed E-state index contributed by atoms with van der Waals surface area (Å²) in [5.41, 5.74) is 12.8. The first kappa shape index (κ1) is 25.4. The SMILES string of the molecule is C=CC1=C(/C=C(/CC)CCC)CN(C(=O)NC(=C)/C(N)=C\C=C(/C)c2ccc(P)cc2)C1. The molecule has 1 heterocycles. The van der Waals surface area contributed by atoms with Gasteiger partial charge in [0.2, 0.25) is 0 Å². The lowest BCUT2D eigenvalue weighted by Crippen LogP contribution is -2.39. The molecule has 1 aromatic rings. The van der Waals surface area contributed by atoms with Gasteiger partial charge in [-0.2, -0.15) is 0 Å². The highest BCUT2D eigenvalue weighted by Crippen LogP contribution is 2.23. The summed E-state index contributed by atoms with van der Waals surface area (Å²) in [5, 5.41) is 3.97. The van der Waals surface area contributed by atoms with Crippen molar-refractivity contribution >= 4 is 26.1 Å². The molecule has 0 spiro atoms. The van der Waals surface area contributed by atoms with E-state index in [1.165, 1.54) is 5.57 Å². The van der Waals surface area contributed by atoms with Gasteiger partial charge in [0.15, 0.2) is 0 Å². The Morgan fingerprint density at radius 1 is 1.19 bits per heavy atom. The number of rotatable bonds is 9. The van der Waals surface area contributed by atoms with E-state index in [1.807, 2.05) is 31.2 Å². The van der Waals surface area contributed by atoms with E-state index in [1.54, 1.807) is 11.0 Å². The van der Waals surface area contributed by atoms with Crippen molar-refractivity contribution in [3.63, 3.8) is 0 Å². The first-order valence-corrected chi connectivity index (χ1v) is 11.7. The molecule has 1 atom stereocenters. The van der Waals surface area contributed by atoms with Gasteiger partial charge in [-0.3, -0.25) is 0 Å². The maximum Gasteiger partial charge on any atom is 0.322 e. The van der Waals surface area contributed by atoms with Crippen LogP contribution in [0.2, 0.25) is 0 Å². The van der Waals surface area contributed by atoms with E-state index in [9.17, 15) is 4.79 Å². The molecule has 3 N–H and O–H groups in total. The lowest BCUT2D eigenvalue weighted by Gasteiger charge is -2.18. The van der Waals surface area contributed by atoms with Crippen molar-refractivity contribution in [3.05, 3.63) is 95.4 Å². The Bertz CT molecular complexity index is 981. The van der Waals surface area contributed by atoms with Gasteiger partial charge in [0.05, 0.1) is 11.4 Å². The largest absolute Gasteiger partial charge is 0.397 e. The van der Waals surface area contributed by atoms with Gasteiger partial charge in [0, 0.05) is 13.1 Å². The summed E-state index contributed by atoms with van der Waals surface area (Å²) >= 11 is 0. The number of nitrogens with zero attached hydrogens (tertiary/aromatic N) is 1. The van der Waals surface area contributed by atoms with Crippen LogP contribution in [0.5, 0.6) is 0 Å². The molecule has 2 amide bonds. The van der Waals surface area contributed by atoms with Crippen molar-refractivity contribution in [1.82, 2.24) is 10.2 Å². The average molecular weight is 450 g/mol. The Morgan fingerprint density at radius 3 is 2.44 bits per heavy atom. The van der Waals surface area contributed by atoms with Crippen molar-refractivity contribution < 1.29 is 4.79 Å². The Labute approximate surface area is 195 Å². The van der Waals surface area contributed by atoms with Crippen LogP contribution >= 0.6 is 9.24 Å². The third kappa shape index (κ3) is 7.10. The fourth-order valence-corrected chi connectivity index (χ4v) is 3.70. The van der Waals surface area contributed by atoms with Crippen LogP contribution in [0.3, 0.4) is 0 Å². The molecule has 0 saturated carbocycles. The molecule has 0 aliphatic carbocycles. The maximum atomic E-state index is 12.8. The first-order chi connectivity index (χ1) is 15.3. The highest BCUT2D eigenvalue weighted by atomic mass is 31.0. The van der Waals surface area contributed by atoms with Gasteiger partial charge in [-0.25, -0.2) is 4.79 Å². The summed E-state index contributed by atoms with van der Waals surface area (Å²) in [7, 11) is 2.68. The number of nitrogens with two attached hydrogens (primary N) is 1. The second-order valence-corrected chi connectivity index (χ2v) is 8.69. The van der Waals surface area contributed by atoms with Crippen molar-refractivity contribution in [2.45, 2.75) is 40.0 Å². The van der Waals surface area contributed by atoms with Crippen LogP contribution in [-0.2, 0) is 0 Å². The monoisotopic (exact) mass is 449 g/mol. The lowest BCUT2D eigenvalue weighted by molar-refractivity contribution is 0.213. The number of allylic oxidation sites excluding steroid dienone is 4. The summed E-state index contributed by atoms with van der Waals surface area (Å²) < 4.78 is 0. The second kappa shape index (κ2) is 12.3. The minimum Gasteiger partial charge on any atom is -0.397 e. The molecule has 0 saturated heterocycles. The molecular formula is C27H36N3OP. The molecule has 0 fully saturated rings. The standard InChI is InChI=1S/C27H36N3OP/c1-6-9-21(7-2)16-24-18-30(17-22(24)8-3)27(31)29-20(5)26(28)15-10-19(4)23-11-13-25(32)14-12-23/h8,10-16H,3,5-7,9,17-18,28,32H2,1-2,4H3,(H,29,31)/b19-10+,21-16-,26-15+. The molecular weight excluding hydrogens is 413 g/mol. The normalized spacial score (nSPS) is 15.2. The third-order valence-electron chi connectivity index (χ3n) is 5.56. The minimum absolute atomic E-state index is 0.209. The number of hydrogen-bond donors (Lipinski definition) is 2. The number of amides is 2. The number of benzene rings is 1. The molecule has 1 aliphatic heterocycles. The van der Waals surface area contributed by atoms with E-state index in [-0.39, 0.29) is 6.03 Å². The van der Waals surface area contributed by atoms with Crippen molar-refractivity contribution in [1.29, 1.82) is 0 Å². The first-order valence-electron chi connectivity index (χ1n) is 11.1. The highest BCUT2D eigenvalue weighted by molar-refractivity contribution is 7.27. The van der Waals surface area contributed by atoms with Crippen LogP contribution in [0.1, 0.15) is 45.6 Å². The van der Waals surface area contributed by atoms with Gasteiger partial charge in [-0.05, 0) is 53.4 Å². The molecule has 1 unspecified atom stereocenters. The van der Waals surface area contributed by atoms with E-state index in [0.29, 0.717) is 24.5 Å². The van der Waals surface area contributed by atoms with E-state index in [2.05, 4.69) is 59.8 Å². The number of hydrogen-bond acceptors (Lipinski definition) is 2. The zero-order valence-corrected chi connectivity index (χ0v) is 20.7. The van der Waals surface area contributed by atoms with Gasteiger partial charge >= 0.3 is 6.03 Å². The van der Waals surface area contributed by atoms with Crippen LogP contribution in [0.15, 0.2) is 89.8 Å². The Hall–Kier alpha value is -2.84. The van der Waals surface area contributed by atoms with E-state index >= 15 is 0 Å². The molecule has 5 heteroatoms. The maximum absolute atomic E-state index is 12.8. The van der Waals surface area contributed by atoms with Crippen LogP contribution in [0.25, 0.3) is 5.57 Å². The van der Waals surface area contributed by atoms with E-state index in [0.717, 1.165) is 46.8 Å². The molecule has 170 valence electrons. The zero-order valence-electron chi connectivity index (χ0n) is 19.6. The molecule has 0 aromatic heterocycles. The van der Waals surface area contributed by atoms with Crippen LogP contribution in [-0.4, -0.2) is 24.0 Å². The molecule has 32 heavy (non-hydrogen) atoms. The highest BCUT2D eigenvalue weighted by Gasteiger charge is 2.24. The predicted molar refractivity (Wildman–Crippen MR) is 141 cm³/mol. The zero-order chi connectivity index (χ0) is 23.7. The Balaban J connectivity index is 2.02. The van der Waals surface area contributed by atoms with Crippen LogP contribution in [0, 0.1) is 0 Å². The van der Waals surface area contributed by atoms with Gasteiger partial charge < -0.3 is 16.0 Å². The Kier molecular flexibility index (Phi) is 9.74. The van der Waals surface area contributed by atoms with Gasteiger partial charge in [-0.15, -0.1) is 9.24 Å². The summed E-state index contributed by atoms with van der Waals surface area (Å²) in [5.74, 6) is 0. The molecule has 1 aliphatic rings. The van der Waals surface area contributed by atoms with Crippen molar-refractivity contribution in [3.8, 4) is 0 Å². The second-order valence-electron chi connectivity index (χ2n) is 8.02. The third-order valence-corrected chi connectivity index (χ3v) is 5.94. The van der Waals surface area contributed by atoms with Crippen LogP contribution < -0.4 is 16.4 Å². The fraction of sp³-hybridized carbons (Fsp3) is 0.296. The summed E-state index contributed by atoms with van der Waals surface area (Å²) in [6.07, 6.45) is 11.0. The number of nitrogens with one attached hydrogen (secondary N) is 1. The molecule has 0 bridgehead atoms. The predicted octanol–water partition coefficient (Wildman–Crippen LogP) is 5.59. The van der Waals surface area contributed by atoms with Crippen molar-refractivity contribution in [2.24, 2.45) is 5.73 Å². The quantitative estimate of drug-likeness (QED) is 0.381.